The first kappa shape index (κ1) is 13.9. The molecule has 4 heteroatoms. The van der Waals surface area contributed by atoms with Crippen molar-refractivity contribution in [2.45, 2.75) is 32.1 Å². The Morgan fingerprint density at radius 3 is 2.90 bits per heavy atom. The third kappa shape index (κ3) is 1.82. The predicted molar refractivity (Wildman–Crippen MR) is 81.0 cm³/mol. The SMILES string of the molecule is CC=C1C2C=C(C)CC1(C(N)=O)c1ccc(OC)nc1C2. The number of primary amides is 1. The third-order valence-corrected chi connectivity index (χ3v) is 4.68. The highest BCUT2D eigenvalue weighted by atomic mass is 16.5. The minimum atomic E-state index is -0.745. The molecule has 2 bridgehead atoms. The number of nitrogens with two attached hydrogens (primary N) is 1. The monoisotopic (exact) mass is 284 g/mol. The molecule has 2 atom stereocenters. The van der Waals surface area contributed by atoms with Crippen LogP contribution < -0.4 is 10.5 Å². The molecule has 0 aromatic carbocycles. The van der Waals surface area contributed by atoms with Gasteiger partial charge >= 0.3 is 0 Å². The van der Waals surface area contributed by atoms with E-state index < -0.39 is 5.41 Å². The van der Waals surface area contributed by atoms with Crippen molar-refractivity contribution in [3.8, 4) is 5.88 Å². The summed E-state index contributed by atoms with van der Waals surface area (Å²) in [6.45, 7) is 4.05. The second kappa shape index (κ2) is 4.72. The number of hydrogen-bond acceptors (Lipinski definition) is 3. The van der Waals surface area contributed by atoms with Gasteiger partial charge in [0.1, 0.15) is 5.41 Å². The van der Waals surface area contributed by atoms with Crippen molar-refractivity contribution >= 4 is 5.91 Å². The maximum Gasteiger partial charge on any atom is 0.232 e. The zero-order valence-electron chi connectivity index (χ0n) is 12.6. The molecule has 2 aliphatic rings. The maximum absolute atomic E-state index is 12.4. The van der Waals surface area contributed by atoms with E-state index in [-0.39, 0.29) is 11.8 Å². The highest BCUT2D eigenvalue weighted by molar-refractivity contribution is 5.92. The van der Waals surface area contributed by atoms with Gasteiger partial charge < -0.3 is 10.5 Å². The first-order chi connectivity index (χ1) is 10.0. The average molecular weight is 284 g/mol. The van der Waals surface area contributed by atoms with E-state index in [1.165, 1.54) is 5.57 Å². The van der Waals surface area contributed by atoms with E-state index in [2.05, 4.69) is 18.0 Å². The molecule has 0 saturated carbocycles. The van der Waals surface area contributed by atoms with Gasteiger partial charge in [-0.05, 0) is 31.4 Å². The second-order valence-electron chi connectivity index (χ2n) is 5.86. The quantitative estimate of drug-likeness (QED) is 0.847. The fourth-order valence-electron chi connectivity index (χ4n) is 3.92. The van der Waals surface area contributed by atoms with E-state index in [1.54, 1.807) is 7.11 Å². The van der Waals surface area contributed by atoms with Crippen molar-refractivity contribution in [2.24, 2.45) is 11.7 Å². The van der Waals surface area contributed by atoms with Gasteiger partial charge in [-0.1, -0.05) is 23.8 Å². The highest BCUT2D eigenvalue weighted by Crippen LogP contribution is 2.51. The minimum absolute atomic E-state index is 0.198. The van der Waals surface area contributed by atoms with Gasteiger partial charge in [-0.15, -0.1) is 0 Å². The lowest BCUT2D eigenvalue weighted by Crippen LogP contribution is -2.50. The van der Waals surface area contributed by atoms with Crippen LogP contribution in [0, 0.1) is 5.92 Å². The Bertz CT molecular complexity index is 675. The molecule has 0 fully saturated rings. The lowest BCUT2D eigenvalue weighted by molar-refractivity contribution is -0.122. The Balaban J connectivity index is 2.30. The van der Waals surface area contributed by atoms with Crippen molar-refractivity contribution in [1.82, 2.24) is 4.98 Å². The molecule has 1 aromatic heterocycles. The number of carbonyl (C=O) groups excluding carboxylic acids is 1. The molecule has 1 heterocycles. The summed E-state index contributed by atoms with van der Waals surface area (Å²) in [6, 6.07) is 3.76. The average Bonchev–Trinajstić information content (AvgIpc) is 2.45. The van der Waals surface area contributed by atoms with Gasteiger partial charge in [-0.2, -0.15) is 0 Å². The van der Waals surface area contributed by atoms with Crippen LogP contribution in [0.25, 0.3) is 0 Å². The van der Waals surface area contributed by atoms with Crippen LogP contribution in [0.2, 0.25) is 0 Å². The number of ether oxygens (including phenoxy) is 1. The molecule has 0 spiro atoms. The number of pyridine rings is 1. The number of allylic oxidation sites excluding steroid dienone is 3. The van der Waals surface area contributed by atoms with E-state index in [4.69, 9.17) is 10.5 Å². The summed E-state index contributed by atoms with van der Waals surface area (Å²) in [5.74, 6) is 0.486. The molecule has 1 aromatic rings. The number of amides is 1. The number of carbonyl (C=O) groups is 1. The summed E-state index contributed by atoms with van der Waals surface area (Å²) < 4.78 is 5.21. The lowest BCUT2D eigenvalue weighted by Gasteiger charge is -2.45. The van der Waals surface area contributed by atoms with Crippen LogP contribution in [0.4, 0.5) is 0 Å². The largest absolute Gasteiger partial charge is 0.481 e. The molecule has 2 unspecified atom stereocenters. The van der Waals surface area contributed by atoms with Crippen LogP contribution in [-0.2, 0) is 16.6 Å². The number of methoxy groups -OCH3 is 1. The van der Waals surface area contributed by atoms with E-state index in [9.17, 15) is 4.79 Å². The first-order valence-corrected chi connectivity index (χ1v) is 7.21. The zero-order valence-corrected chi connectivity index (χ0v) is 12.6. The third-order valence-electron chi connectivity index (χ3n) is 4.68. The number of fused-ring (bicyclic) bond motifs is 4. The summed E-state index contributed by atoms with van der Waals surface area (Å²) in [6.07, 6.45) is 5.71. The Morgan fingerprint density at radius 1 is 1.52 bits per heavy atom. The molecule has 2 aliphatic carbocycles. The van der Waals surface area contributed by atoms with Gasteiger partial charge in [0.2, 0.25) is 11.8 Å². The Morgan fingerprint density at radius 2 is 2.29 bits per heavy atom. The van der Waals surface area contributed by atoms with Crippen LogP contribution in [0.1, 0.15) is 31.5 Å². The standard InChI is InChI=1S/C17H20N2O2/c1-4-12-11-7-10(2)9-17(12,16(18)20)13-5-6-15(21-3)19-14(13)8-11/h4-7,11H,8-9H2,1-3H3,(H2,18,20). The van der Waals surface area contributed by atoms with Gasteiger partial charge in [0.25, 0.3) is 0 Å². The molecule has 0 radical (unpaired) electrons. The molecule has 0 saturated heterocycles. The van der Waals surface area contributed by atoms with Crippen LogP contribution in [0.3, 0.4) is 0 Å². The van der Waals surface area contributed by atoms with Crippen molar-refractivity contribution in [3.05, 3.63) is 46.7 Å². The predicted octanol–water partition coefficient (Wildman–Crippen LogP) is 2.28. The topological polar surface area (TPSA) is 65.2 Å². The van der Waals surface area contributed by atoms with Crippen LogP contribution >= 0.6 is 0 Å². The van der Waals surface area contributed by atoms with Gasteiger partial charge in [0.05, 0.1) is 7.11 Å². The first-order valence-electron chi connectivity index (χ1n) is 7.21. The van der Waals surface area contributed by atoms with E-state index in [0.717, 1.165) is 23.3 Å². The van der Waals surface area contributed by atoms with Crippen LogP contribution in [0.5, 0.6) is 5.88 Å². The molecular formula is C17H20N2O2. The van der Waals surface area contributed by atoms with Gasteiger partial charge in [0.15, 0.2) is 0 Å². The smallest absolute Gasteiger partial charge is 0.232 e. The molecule has 4 nitrogen and oxygen atoms in total. The van der Waals surface area contributed by atoms with Crippen molar-refractivity contribution < 1.29 is 9.53 Å². The number of nitrogens with zero attached hydrogens (tertiary/aromatic N) is 1. The van der Waals surface area contributed by atoms with Crippen LogP contribution in [-0.4, -0.2) is 18.0 Å². The maximum atomic E-state index is 12.4. The van der Waals surface area contributed by atoms with Crippen molar-refractivity contribution in [3.63, 3.8) is 0 Å². The Kier molecular flexibility index (Phi) is 3.12. The molecular weight excluding hydrogens is 264 g/mol. The summed E-state index contributed by atoms with van der Waals surface area (Å²) in [4.78, 5) is 17.0. The molecule has 1 amide bonds. The zero-order chi connectivity index (χ0) is 15.2. The van der Waals surface area contributed by atoms with Gasteiger partial charge in [-0.3, -0.25) is 4.79 Å². The fraction of sp³-hybridized carbons (Fsp3) is 0.412. The summed E-state index contributed by atoms with van der Waals surface area (Å²) in [5.41, 5.74) is 9.30. The second-order valence-corrected chi connectivity index (χ2v) is 5.86. The summed E-state index contributed by atoms with van der Waals surface area (Å²) in [7, 11) is 1.60. The molecule has 21 heavy (non-hydrogen) atoms. The van der Waals surface area contributed by atoms with Crippen molar-refractivity contribution in [2.75, 3.05) is 7.11 Å². The minimum Gasteiger partial charge on any atom is -0.481 e. The normalized spacial score (nSPS) is 28.8. The number of aromatic nitrogens is 1. The summed E-state index contributed by atoms with van der Waals surface area (Å²) in [5, 5.41) is 0. The van der Waals surface area contributed by atoms with E-state index >= 15 is 0 Å². The molecule has 0 aliphatic heterocycles. The van der Waals surface area contributed by atoms with Crippen molar-refractivity contribution in [1.29, 1.82) is 0 Å². The lowest BCUT2D eigenvalue weighted by atomic mass is 9.57. The van der Waals surface area contributed by atoms with Gasteiger partial charge in [-0.25, -0.2) is 4.98 Å². The Hall–Kier alpha value is -2.10. The fourth-order valence-corrected chi connectivity index (χ4v) is 3.92. The number of rotatable bonds is 2. The van der Waals surface area contributed by atoms with Crippen LogP contribution in [0.15, 0.2) is 35.4 Å². The molecule has 2 N–H and O–H groups in total. The molecule has 3 rings (SSSR count). The van der Waals surface area contributed by atoms with Gasteiger partial charge in [0, 0.05) is 24.1 Å². The van der Waals surface area contributed by atoms with E-state index in [0.29, 0.717) is 12.3 Å². The van der Waals surface area contributed by atoms with E-state index in [1.807, 2.05) is 25.1 Å². The number of hydrogen-bond donors (Lipinski definition) is 1. The summed E-state index contributed by atoms with van der Waals surface area (Å²) >= 11 is 0. The highest BCUT2D eigenvalue weighted by Gasteiger charge is 2.51. The Labute approximate surface area is 124 Å². The molecule has 110 valence electrons.